The Labute approximate surface area is 134 Å². The Kier molecular flexibility index (Phi) is 4.07. The number of thiophene rings is 1. The van der Waals surface area contributed by atoms with E-state index in [0.717, 1.165) is 30.0 Å². The van der Waals surface area contributed by atoms with Crippen LogP contribution in [-0.4, -0.2) is 19.1 Å². The number of nitrogens with zero attached hydrogens (tertiary/aromatic N) is 1. The van der Waals surface area contributed by atoms with Gasteiger partial charge in [-0.05, 0) is 38.3 Å². The molecule has 2 aromatic rings. The van der Waals surface area contributed by atoms with E-state index < -0.39 is 0 Å². The molecule has 1 aliphatic rings. The number of esters is 1. The summed E-state index contributed by atoms with van der Waals surface area (Å²) in [6.07, 6.45) is 2.19. The first-order valence-electron chi connectivity index (χ1n) is 7.55. The van der Waals surface area contributed by atoms with E-state index in [4.69, 9.17) is 10.5 Å². The fourth-order valence-electron chi connectivity index (χ4n) is 2.98. The molecule has 2 heterocycles. The minimum absolute atomic E-state index is 0.328. The number of carbonyl (C=O) groups excluding carboxylic acids is 1. The van der Waals surface area contributed by atoms with Crippen LogP contribution in [0.3, 0.4) is 0 Å². The van der Waals surface area contributed by atoms with Crippen LogP contribution in [0.2, 0.25) is 0 Å². The van der Waals surface area contributed by atoms with Crippen LogP contribution in [0, 0.1) is 6.92 Å². The lowest BCUT2D eigenvalue weighted by atomic mass is 10.0. The molecule has 0 amide bonds. The number of rotatable bonds is 3. The first-order valence-corrected chi connectivity index (χ1v) is 8.36. The SMILES string of the molecule is CCOC(=O)c1c(N)sc(N2CCCc3ccccc32)c1C. The molecule has 0 bridgehead atoms. The lowest BCUT2D eigenvalue weighted by Gasteiger charge is -2.30. The van der Waals surface area contributed by atoms with Crippen molar-refractivity contribution in [3.8, 4) is 0 Å². The van der Waals surface area contributed by atoms with Gasteiger partial charge < -0.3 is 15.4 Å². The highest BCUT2D eigenvalue weighted by molar-refractivity contribution is 7.20. The number of nitrogen functional groups attached to an aromatic ring is 1. The highest BCUT2D eigenvalue weighted by Crippen LogP contribution is 2.43. The molecule has 1 aromatic heterocycles. The maximum absolute atomic E-state index is 12.1. The maximum atomic E-state index is 12.1. The van der Waals surface area contributed by atoms with Crippen molar-refractivity contribution in [3.63, 3.8) is 0 Å². The number of ether oxygens (including phenoxy) is 1. The molecule has 0 saturated carbocycles. The molecule has 1 aliphatic heterocycles. The van der Waals surface area contributed by atoms with Crippen LogP contribution in [0.25, 0.3) is 0 Å². The third-order valence-electron chi connectivity index (χ3n) is 3.98. The second-order valence-electron chi connectivity index (χ2n) is 5.38. The molecule has 0 spiro atoms. The van der Waals surface area contributed by atoms with Crippen LogP contribution in [0.4, 0.5) is 15.7 Å². The van der Waals surface area contributed by atoms with Crippen molar-refractivity contribution in [1.82, 2.24) is 0 Å². The second kappa shape index (κ2) is 6.01. The Morgan fingerprint density at radius 2 is 2.18 bits per heavy atom. The van der Waals surface area contributed by atoms with E-state index in [2.05, 4.69) is 29.2 Å². The monoisotopic (exact) mass is 316 g/mol. The fourth-order valence-corrected chi connectivity index (χ4v) is 4.08. The van der Waals surface area contributed by atoms with Crippen LogP contribution in [0.15, 0.2) is 24.3 Å². The Hall–Kier alpha value is -2.01. The highest BCUT2D eigenvalue weighted by Gasteiger charge is 2.26. The van der Waals surface area contributed by atoms with Gasteiger partial charge in [0.05, 0.1) is 12.2 Å². The molecular weight excluding hydrogens is 296 g/mol. The van der Waals surface area contributed by atoms with E-state index in [1.165, 1.54) is 22.6 Å². The first-order chi connectivity index (χ1) is 10.6. The van der Waals surface area contributed by atoms with E-state index in [9.17, 15) is 4.79 Å². The molecule has 0 radical (unpaired) electrons. The zero-order valence-corrected chi connectivity index (χ0v) is 13.7. The summed E-state index contributed by atoms with van der Waals surface area (Å²) in [5, 5.41) is 1.58. The second-order valence-corrected chi connectivity index (χ2v) is 6.41. The van der Waals surface area contributed by atoms with E-state index in [1.54, 1.807) is 6.92 Å². The predicted octanol–water partition coefficient (Wildman–Crippen LogP) is 3.90. The summed E-state index contributed by atoms with van der Waals surface area (Å²) >= 11 is 1.47. The van der Waals surface area contributed by atoms with Crippen LogP contribution in [-0.2, 0) is 11.2 Å². The Morgan fingerprint density at radius 1 is 1.41 bits per heavy atom. The third kappa shape index (κ3) is 2.46. The average molecular weight is 316 g/mol. The summed E-state index contributed by atoms with van der Waals surface area (Å²) in [6, 6.07) is 8.42. The van der Waals surface area contributed by atoms with Crippen LogP contribution in [0.5, 0.6) is 0 Å². The molecular formula is C17H20N2O2S. The summed E-state index contributed by atoms with van der Waals surface area (Å²) < 4.78 is 5.13. The van der Waals surface area contributed by atoms with E-state index in [0.29, 0.717) is 17.2 Å². The molecule has 116 valence electrons. The smallest absolute Gasteiger partial charge is 0.341 e. The van der Waals surface area contributed by atoms with Crippen molar-refractivity contribution in [2.75, 3.05) is 23.8 Å². The molecule has 0 fully saturated rings. The summed E-state index contributed by atoms with van der Waals surface area (Å²) in [7, 11) is 0. The van der Waals surface area contributed by atoms with Crippen molar-refractivity contribution in [2.45, 2.75) is 26.7 Å². The molecule has 5 heteroatoms. The van der Waals surface area contributed by atoms with Gasteiger partial charge >= 0.3 is 5.97 Å². The fraction of sp³-hybridized carbons (Fsp3) is 0.353. The number of aryl methyl sites for hydroxylation is 1. The van der Waals surface area contributed by atoms with Gasteiger partial charge in [0.25, 0.3) is 0 Å². The van der Waals surface area contributed by atoms with Crippen LogP contribution < -0.4 is 10.6 Å². The number of fused-ring (bicyclic) bond motifs is 1. The maximum Gasteiger partial charge on any atom is 0.341 e. The van der Waals surface area contributed by atoms with Gasteiger partial charge in [-0.2, -0.15) is 0 Å². The number of hydrogen-bond donors (Lipinski definition) is 1. The normalized spacial score (nSPS) is 13.8. The van der Waals surface area contributed by atoms with Gasteiger partial charge in [-0.3, -0.25) is 0 Å². The van der Waals surface area contributed by atoms with Gasteiger partial charge in [-0.1, -0.05) is 29.5 Å². The first kappa shape index (κ1) is 14.9. The summed E-state index contributed by atoms with van der Waals surface area (Å²) in [5.74, 6) is -0.328. The lowest BCUT2D eigenvalue weighted by molar-refractivity contribution is 0.0527. The van der Waals surface area contributed by atoms with E-state index >= 15 is 0 Å². The average Bonchev–Trinajstić information content (AvgIpc) is 2.81. The Balaban J connectivity index is 2.04. The van der Waals surface area contributed by atoms with Gasteiger partial charge in [-0.25, -0.2) is 4.79 Å². The molecule has 0 atom stereocenters. The number of carbonyl (C=O) groups is 1. The number of nitrogens with two attached hydrogens (primary N) is 1. The topological polar surface area (TPSA) is 55.6 Å². The third-order valence-corrected chi connectivity index (χ3v) is 5.13. The molecule has 2 N–H and O–H groups in total. The van der Waals surface area contributed by atoms with Gasteiger partial charge in [0.1, 0.15) is 10.0 Å². The van der Waals surface area contributed by atoms with Crippen molar-refractivity contribution in [3.05, 3.63) is 41.0 Å². The van der Waals surface area contributed by atoms with Crippen molar-refractivity contribution in [1.29, 1.82) is 0 Å². The number of anilines is 3. The minimum atomic E-state index is -0.328. The predicted molar refractivity (Wildman–Crippen MR) is 91.2 cm³/mol. The number of benzene rings is 1. The van der Waals surface area contributed by atoms with Crippen molar-refractivity contribution >= 4 is 33.0 Å². The quantitative estimate of drug-likeness (QED) is 0.873. The van der Waals surface area contributed by atoms with Crippen molar-refractivity contribution in [2.24, 2.45) is 0 Å². The largest absolute Gasteiger partial charge is 0.462 e. The molecule has 0 aliphatic carbocycles. The molecule has 22 heavy (non-hydrogen) atoms. The number of para-hydroxylation sites is 1. The summed E-state index contributed by atoms with van der Waals surface area (Å²) in [6.45, 7) is 5.05. The van der Waals surface area contributed by atoms with Crippen molar-refractivity contribution < 1.29 is 9.53 Å². The highest BCUT2D eigenvalue weighted by atomic mass is 32.1. The lowest BCUT2D eigenvalue weighted by Crippen LogP contribution is -2.24. The van der Waals surface area contributed by atoms with Gasteiger partial charge in [0.15, 0.2) is 0 Å². The van der Waals surface area contributed by atoms with Crippen LogP contribution in [0.1, 0.15) is 34.8 Å². The standard InChI is InChI=1S/C17H20N2O2S/c1-3-21-17(20)14-11(2)16(22-15(14)18)19-10-6-8-12-7-4-5-9-13(12)19/h4-5,7,9H,3,6,8,10,18H2,1-2H3. The van der Waals surface area contributed by atoms with E-state index in [1.807, 2.05) is 6.92 Å². The molecule has 0 unspecified atom stereocenters. The van der Waals surface area contributed by atoms with Gasteiger partial charge in [0, 0.05) is 17.8 Å². The summed E-state index contributed by atoms with van der Waals surface area (Å²) in [4.78, 5) is 14.4. The zero-order valence-electron chi connectivity index (χ0n) is 12.9. The van der Waals surface area contributed by atoms with E-state index in [-0.39, 0.29) is 5.97 Å². The molecule has 0 saturated heterocycles. The summed E-state index contributed by atoms with van der Waals surface area (Å²) in [5.41, 5.74) is 10.1. The Bertz CT molecular complexity index is 709. The minimum Gasteiger partial charge on any atom is -0.462 e. The molecule has 3 rings (SSSR count). The van der Waals surface area contributed by atoms with Gasteiger partial charge in [0.2, 0.25) is 0 Å². The molecule has 4 nitrogen and oxygen atoms in total. The van der Waals surface area contributed by atoms with Crippen LogP contribution >= 0.6 is 11.3 Å². The van der Waals surface area contributed by atoms with Gasteiger partial charge in [-0.15, -0.1) is 0 Å². The molecule has 1 aromatic carbocycles. The zero-order chi connectivity index (χ0) is 15.7. The Morgan fingerprint density at radius 3 is 2.95 bits per heavy atom. The number of hydrogen-bond acceptors (Lipinski definition) is 5.